The highest BCUT2D eigenvalue weighted by molar-refractivity contribution is 7.96. The van der Waals surface area contributed by atoms with Gasteiger partial charge in [-0.2, -0.15) is 13.2 Å². The third-order valence-electron chi connectivity index (χ3n) is 5.69. The number of alkyl halides is 3. The normalized spacial score (nSPS) is 11.9. The van der Waals surface area contributed by atoms with Crippen LogP contribution in [0, 0.1) is 13.8 Å². The van der Waals surface area contributed by atoms with E-state index in [2.05, 4.69) is 34.6 Å². The van der Waals surface area contributed by atoms with E-state index in [0.29, 0.717) is 22.2 Å². The molecule has 0 radical (unpaired) electrons. The van der Waals surface area contributed by atoms with Gasteiger partial charge in [-0.05, 0) is 61.4 Å². The van der Waals surface area contributed by atoms with Crippen molar-refractivity contribution >= 4 is 52.0 Å². The van der Waals surface area contributed by atoms with E-state index < -0.39 is 17.9 Å². The molecule has 0 atom stereocenters. The van der Waals surface area contributed by atoms with E-state index in [-0.39, 0.29) is 5.82 Å². The van der Waals surface area contributed by atoms with E-state index >= 15 is 0 Å². The Morgan fingerprint density at radius 1 is 1.03 bits per heavy atom. The number of amides is 2. The van der Waals surface area contributed by atoms with Gasteiger partial charge in [-0.25, -0.2) is 19.2 Å². The quantitative estimate of drug-likeness (QED) is 0.217. The molecule has 2 amide bonds. The molecule has 192 valence electrons. The van der Waals surface area contributed by atoms with Gasteiger partial charge in [0.1, 0.15) is 6.33 Å². The SMILES string of the molecule is Cc1cccc(C)c1NC(=O)NS/N=C/c1ccc2c(ccc3c2ncn3-c2ccc(C(F)(F)F)nn2)n1. The fourth-order valence-corrected chi connectivity index (χ4v) is 4.21. The minimum Gasteiger partial charge on any atom is -0.307 e. The first-order valence-corrected chi connectivity index (χ1v) is 12.0. The maximum absolute atomic E-state index is 12.8. The summed E-state index contributed by atoms with van der Waals surface area (Å²) in [6.07, 6.45) is -1.57. The van der Waals surface area contributed by atoms with Gasteiger partial charge < -0.3 is 5.32 Å². The van der Waals surface area contributed by atoms with Gasteiger partial charge in [-0.15, -0.1) is 10.2 Å². The number of imidazole rings is 1. The lowest BCUT2D eigenvalue weighted by molar-refractivity contribution is -0.141. The van der Waals surface area contributed by atoms with E-state index in [9.17, 15) is 18.0 Å². The first-order valence-electron chi connectivity index (χ1n) is 11.2. The third kappa shape index (κ3) is 5.13. The number of halogens is 3. The Kier molecular flexibility index (Phi) is 6.68. The van der Waals surface area contributed by atoms with E-state index in [1.807, 2.05) is 38.1 Å². The molecule has 0 fully saturated rings. The number of fused-ring (bicyclic) bond motifs is 3. The molecule has 0 aliphatic rings. The summed E-state index contributed by atoms with van der Waals surface area (Å²) in [7, 11) is 0. The molecule has 5 rings (SSSR count). The van der Waals surface area contributed by atoms with Crippen LogP contribution in [0.2, 0.25) is 0 Å². The van der Waals surface area contributed by atoms with Crippen LogP contribution in [0.4, 0.5) is 23.7 Å². The Hall–Kier alpha value is -4.52. The van der Waals surface area contributed by atoms with E-state index in [0.717, 1.165) is 40.4 Å². The van der Waals surface area contributed by atoms with Crippen LogP contribution in [0.25, 0.3) is 27.8 Å². The van der Waals surface area contributed by atoms with Crippen LogP contribution in [0.1, 0.15) is 22.5 Å². The number of benzene rings is 2. The van der Waals surface area contributed by atoms with Gasteiger partial charge in [0.2, 0.25) is 0 Å². The summed E-state index contributed by atoms with van der Waals surface area (Å²) >= 11 is 0.867. The highest BCUT2D eigenvalue weighted by Crippen LogP contribution is 2.28. The van der Waals surface area contributed by atoms with E-state index in [4.69, 9.17) is 0 Å². The monoisotopic (exact) mass is 536 g/mol. The molecule has 0 saturated carbocycles. The molecule has 2 aromatic carbocycles. The molecule has 0 saturated heterocycles. The number of carbonyl (C=O) groups excluding carboxylic acids is 1. The summed E-state index contributed by atoms with van der Waals surface area (Å²) in [5, 5.41) is 10.5. The second-order valence-corrected chi connectivity index (χ2v) is 8.87. The van der Waals surface area contributed by atoms with Crippen molar-refractivity contribution in [2.45, 2.75) is 20.0 Å². The molecule has 0 spiro atoms. The topological polar surface area (TPSA) is 110 Å². The summed E-state index contributed by atoms with van der Waals surface area (Å²) in [6.45, 7) is 3.83. The standard InChI is InChI=1S/C25H19F3N8OS/c1-14-4-3-5-15(2)22(14)32-24(37)35-38-30-12-16-6-7-17-18(31-16)8-9-19-23(17)29-13-36(19)21-11-10-20(33-34-21)25(26,27)28/h3-13H,1-2H3,(H2,32,35,37)/b30-12+. The number of para-hydroxylation sites is 1. The Labute approximate surface area is 218 Å². The van der Waals surface area contributed by atoms with Gasteiger partial charge >= 0.3 is 12.2 Å². The van der Waals surface area contributed by atoms with Gasteiger partial charge in [-0.1, -0.05) is 18.2 Å². The number of aromatic nitrogens is 5. The molecule has 38 heavy (non-hydrogen) atoms. The lowest BCUT2D eigenvalue weighted by atomic mass is 10.1. The van der Waals surface area contributed by atoms with Gasteiger partial charge in [-0.3, -0.25) is 9.29 Å². The highest BCUT2D eigenvalue weighted by Gasteiger charge is 2.33. The summed E-state index contributed by atoms with van der Waals surface area (Å²) < 4.78 is 46.7. The Balaban J connectivity index is 1.29. The Morgan fingerprint density at radius 2 is 1.82 bits per heavy atom. The maximum Gasteiger partial charge on any atom is 0.435 e. The van der Waals surface area contributed by atoms with Gasteiger partial charge in [0.15, 0.2) is 11.5 Å². The minimum absolute atomic E-state index is 0.211. The Morgan fingerprint density at radius 3 is 2.53 bits per heavy atom. The largest absolute Gasteiger partial charge is 0.435 e. The molecular formula is C25H19F3N8OS. The van der Waals surface area contributed by atoms with E-state index in [1.165, 1.54) is 18.6 Å². The fraction of sp³-hybridized carbons (Fsp3) is 0.120. The molecular weight excluding hydrogens is 517 g/mol. The van der Waals surface area contributed by atoms with Crippen LogP contribution < -0.4 is 10.0 Å². The predicted molar refractivity (Wildman–Crippen MR) is 140 cm³/mol. The van der Waals surface area contributed by atoms with Crippen molar-refractivity contribution < 1.29 is 18.0 Å². The molecule has 0 aliphatic heterocycles. The van der Waals surface area contributed by atoms with Gasteiger partial charge in [0.25, 0.3) is 0 Å². The zero-order chi connectivity index (χ0) is 26.9. The van der Waals surface area contributed by atoms with Gasteiger partial charge in [0, 0.05) is 11.1 Å². The number of carbonyl (C=O) groups is 1. The number of nitrogens with zero attached hydrogens (tertiary/aromatic N) is 6. The molecule has 5 aromatic rings. The van der Waals surface area contributed by atoms with Crippen molar-refractivity contribution in [2.75, 3.05) is 5.32 Å². The van der Waals surface area contributed by atoms with Crippen molar-refractivity contribution in [3.8, 4) is 5.82 Å². The number of rotatable bonds is 5. The number of anilines is 1. The summed E-state index contributed by atoms with van der Waals surface area (Å²) in [6, 6.07) is 14.6. The second kappa shape index (κ2) is 10.1. The van der Waals surface area contributed by atoms with Crippen LogP contribution in [0.5, 0.6) is 0 Å². The van der Waals surface area contributed by atoms with Crippen LogP contribution >= 0.6 is 12.1 Å². The number of pyridine rings is 1. The van der Waals surface area contributed by atoms with Crippen molar-refractivity contribution in [2.24, 2.45) is 4.40 Å². The van der Waals surface area contributed by atoms with Crippen molar-refractivity contribution in [1.29, 1.82) is 0 Å². The van der Waals surface area contributed by atoms with E-state index in [1.54, 1.807) is 22.8 Å². The number of hydrogen-bond donors (Lipinski definition) is 2. The summed E-state index contributed by atoms with van der Waals surface area (Å²) in [4.78, 5) is 21.2. The number of urea groups is 1. The molecule has 9 nitrogen and oxygen atoms in total. The molecule has 3 heterocycles. The first-order chi connectivity index (χ1) is 18.2. The fourth-order valence-electron chi connectivity index (χ4n) is 3.86. The average molecular weight is 537 g/mol. The van der Waals surface area contributed by atoms with Crippen LogP contribution in [-0.2, 0) is 6.18 Å². The van der Waals surface area contributed by atoms with Crippen LogP contribution in [0.3, 0.4) is 0 Å². The lowest BCUT2D eigenvalue weighted by Crippen LogP contribution is -2.23. The van der Waals surface area contributed by atoms with Crippen LogP contribution in [-0.4, -0.2) is 37.0 Å². The Bertz CT molecular complexity index is 1660. The number of nitrogens with one attached hydrogen (secondary N) is 2. The average Bonchev–Trinajstić information content (AvgIpc) is 3.33. The lowest BCUT2D eigenvalue weighted by Gasteiger charge is -2.10. The van der Waals surface area contributed by atoms with Crippen molar-refractivity contribution in [3.63, 3.8) is 0 Å². The summed E-state index contributed by atoms with van der Waals surface area (Å²) in [5.41, 5.74) is 4.07. The molecule has 2 N–H and O–H groups in total. The zero-order valence-electron chi connectivity index (χ0n) is 20.0. The number of hydrogen-bond acceptors (Lipinski definition) is 7. The molecule has 0 unspecified atom stereocenters. The predicted octanol–water partition coefficient (Wildman–Crippen LogP) is 5.80. The maximum atomic E-state index is 12.8. The summed E-state index contributed by atoms with van der Waals surface area (Å²) in [5.74, 6) is 0.211. The number of aryl methyl sites for hydroxylation is 2. The van der Waals surface area contributed by atoms with Crippen molar-refractivity contribution in [3.05, 3.63) is 83.4 Å². The van der Waals surface area contributed by atoms with Gasteiger partial charge in [0.05, 0.1) is 40.6 Å². The molecule has 0 aliphatic carbocycles. The van der Waals surface area contributed by atoms with Crippen molar-refractivity contribution in [1.82, 2.24) is 29.5 Å². The first kappa shape index (κ1) is 25.1. The van der Waals surface area contributed by atoms with Crippen LogP contribution in [0.15, 0.2) is 65.3 Å². The molecule has 3 aromatic heterocycles. The zero-order valence-corrected chi connectivity index (χ0v) is 20.8. The second-order valence-electron chi connectivity index (χ2n) is 8.27. The third-order valence-corrected chi connectivity index (χ3v) is 6.18. The molecule has 0 bridgehead atoms. The highest BCUT2D eigenvalue weighted by atomic mass is 32.2. The minimum atomic E-state index is -4.56. The molecule has 13 heteroatoms. The smallest absolute Gasteiger partial charge is 0.307 e.